The van der Waals surface area contributed by atoms with E-state index < -0.39 is 0 Å². The Morgan fingerprint density at radius 2 is 1.78 bits per heavy atom. The molecule has 0 saturated carbocycles. The Hall–Kier alpha value is 0.0249. The second-order valence-corrected chi connectivity index (χ2v) is 2.58. The van der Waals surface area contributed by atoms with E-state index in [0.717, 1.165) is 19.1 Å². The largest absolute Gasteiger partial charge is 0.450 e. The molecule has 1 N–H and O–H groups in total. The van der Waals surface area contributed by atoms with Crippen molar-refractivity contribution in [1.82, 2.24) is 0 Å². The quantitative estimate of drug-likeness (QED) is 0.562. The summed E-state index contributed by atoms with van der Waals surface area (Å²) in [7, 11) is 0. The van der Waals surface area contributed by atoms with Gasteiger partial charge in [0.25, 0.3) is 6.92 Å². The average Bonchev–Trinajstić information content (AvgIpc) is 1.85. The first-order chi connectivity index (χ1) is 4.31. The van der Waals surface area contributed by atoms with E-state index in [1.807, 2.05) is 0 Å². The highest BCUT2D eigenvalue weighted by molar-refractivity contribution is 6.50. The second kappa shape index (κ2) is 6.15. The van der Waals surface area contributed by atoms with Gasteiger partial charge < -0.3 is 5.02 Å². The van der Waals surface area contributed by atoms with Crippen LogP contribution in [-0.4, -0.2) is 11.9 Å². The molecule has 54 valence electrons. The molecule has 2 heteroatoms. The van der Waals surface area contributed by atoms with Gasteiger partial charge in [0.2, 0.25) is 0 Å². The highest BCUT2D eigenvalue weighted by Gasteiger charge is 2.06. The molecule has 0 aromatic heterocycles. The van der Waals surface area contributed by atoms with Crippen molar-refractivity contribution in [3.8, 4) is 0 Å². The van der Waals surface area contributed by atoms with Crippen molar-refractivity contribution in [2.24, 2.45) is 0 Å². The Labute approximate surface area is 58.6 Å². The Kier molecular flexibility index (Phi) is 6.17. The SMILES string of the molecule is CCCCB(O)CCC. The van der Waals surface area contributed by atoms with Crippen molar-refractivity contribution < 1.29 is 5.02 Å². The summed E-state index contributed by atoms with van der Waals surface area (Å²) >= 11 is 0. The molecule has 0 atom stereocenters. The van der Waals surface area contributed by atoms with Crippen LogP contribution < -0.4 is 0 Å². The predicted octanol–water partition coefficient (Wildman–Crippen LogP) is 2.18. The van der Waals surface area contributed by atoms with E-state index in [1.54, 1.807) is 0 Å². The molecule has 0 aliphatic heterocycles. The number of unbranched alkanes of at least 4 members (excludes halogenated alkanes) is 1. The van der Waals surface area contributed by atoms with E-state index >= 15 is 0 Å². The first kappa shape index (κ1) is 9.02. The molecule has 0 fully saturated rings. The summed E-state index contributed by atoms with van der Waals surface area (Å²) in [5.41, 5.74) is 0. The third-order valence-electron chi connectivity index (χ3n) is 1.51. The summed E-state index contributed by atoms with van der Waals surface area (Å²) < 4.78 is 0. The van der Waals surface area contributed by atoms with Gasteiger partial charge in [-0.1, -0.05) is 33.1 Å². The zero-order valence-electron chi connectivity index (χ0n) is 6.56. The van der Waals surface area contributed by atoms with Gasteiger partial charge in [0.05, 0.1) is 0 Å². The molecule has 0 amide bonds. The van der Waals surface area contributed by atoms with Crippen molar-refractivity contribution >= 4 is 6.92 Å². The van der Waals surface area contributed by atoms with Gasteiger partial charge in [-0.15, -0.1) is 0 Å². The predicted molar refractivity (Wildman–Crippen MR) is 42.8 cm³/mol. The first-order valence-electron chi connectivity index (χ1n) is 3.99. The van der Waals surface area contributed by atoms with Crippen LogP contribution in [0.25, 0.3) is 0 Å². The van der Waals surface area contributed by atoms with Crippen LogP contribution in [0.4, 0.5) is 0 Å². The fourth-order valence-corrected chi connectivity index (χ4v) is 0.917. The molecule has 0 aromatic carbocycles. The first-order valence-corrected chi connectivity index (χ1v) is 3.99. The summed E-state index contributed by atoms with van der Waals surface area (Å²) in [6.07, 6.45) is 5.43. The number of rotatable bonds is 5. The highest BCUT2D eigenvalue weighted by atomic mass is 16.2. The molecule has 0 aliphatic carbocycles. The standard InChI is InChI=1S/C7H17BO/c1-3-5-7-8(9)6-4-2/h9H,3-7H2,1-2H3. The Bertz CT molecular complexity index is 56.9. The van der Waals surface area contributed by atoms with E-state index in [-0.39, 0.29) is 6.92 Å². The summed E-state index contributed by atoms with van der Waals surface area (Å²) in [4.78, 5) is 0. The van der Waals surface area contributed by atoms with Gasteiger partial charge in [-0.3, -0.25) is 0 Å². The van der Waals surface area contributed by atoms with Crippen LogP contribution in [0.2, 0.25) is 12.6 Å². The van der Waals surface area contributed by atoms with Crippen LogP contribution in [0.1, 0.15) is 33.1 Å². The molecule has 0 aromatic rings. The smallest absolute Gasteiger partial charge is 0.288 e. The molecular weight excluding hydrogens is 111 g/mol. The van der Waals surface area contributed by atoms with Crippen LogP contribution in [-0.2, 0) is 0 Å². The van der Waals surface area contributed by atoms with Crippen molar-refractivity contribution in [2.45, 2.75) is 45.8 Å². The lowest BCUT2D eigenvalue weighted by atomic mass is 9.60. The molecule has 0 rings (SSSR count). The van der Waals surface area contributed by atoms with Gasteiger partial charge >= 0.3 is 0 Å². The lowest BCUT2D eigenvalue weighted by Crippen LogP contribution is -2.09. The molecule has 0 saturated heterocycles. The van der Waals surface area contributed by atoms with Gasteiger partial charge in [-0.2, -0.15) is 0 Å². The summed E-state index contributed by atoms with van der Waals surface area (Å²) in [6, 6.07) is 0. The van der Waals surface area contributed by atoms with Crippen LogP contribution in [0.5, 0.6) is 0 Å². The van der Waals surface area contributed by atoms with Crippen LogP contribution in [0, 0.1) is 0 Å². The van der Waals surface area contributed by atoms with Gasteiger partial charge in [0.15, 0.2) is 0 Å². The van der Waals surface area contributed by atoms with E-state index in [0.29, 0.717) is 0 Å². The molecule has 9 heavy (non-hydrogen) atoms. The minimum absolute atomic E-state index is 0.0325. The maximum absolute atomic E-state index is 9.18. The maximum Gasteiger partial charge on any atom is 0.288 e. The third-order valence-corrected chi connectivity index (χ3v) is 1.51. The van der Waals surface area contributed by atoms with Gasteiger partial charge in [-0.25, -0.2) is 0 Å². The monoisotopic (exact) mass is 128 g/mol. The van der Waals surface area contributed by atoms with Crippen molar-refractivity contribution in [3.05, 3.63) is 0 Å². The zero-order valence-corrected chi connectivity index (χ0v) is 6.56. The van der Waals surface area contributed by atoms with Crippen LogP contribution >= 0.6 is 0 Å². The van der Waals surface area contributed by atoms with Gasteiger partial charge in [-0.05, 0) is 12.6 Å². The molecule has 0 bridgehead atoms. The van der Waals surface area contributed by atoms with Crippen molar-refractivity contribution in [3.63, 3.8) is 0 Å². The molecular formula is C7H17BO. The lowest BCUT2D eigenvalue weighted by Gasteiger charge is -2.01. The summed E-state index contributed by atoms with van der Waals surface area (Å²) in [6.45, 7) is 4.23. The minimum Gasteiger partial charge on any atom is -0.450 e. The lowest BCUT2D eigenvalue weighted by molar-refractivity contribution is 0.558. The zero-order chi connectivity index (χ0) is 7.11. The Morgan fingerprint density at radius 1 is 1.11 bits per heavy atom. The maximum atomic E-state index is 9.18. The van der Waals surface area contributed by atoms with E-state index in [4.69, 9.17) is 0 Å². The van der Waals surface area contributed by atoms with Crippen LogP contribution in [0.15, 0.2) is 0 Å². The van der Waals surface area contributed by atoms with Gasteiger partial charge in [0.1, 0.15) is 0 Å². The van der Waals surface area contributed by atoms with Crippen molar-refractivity contribution in [1.29, 1.82) is 0 Å². The van der Waals surface area contributed by atoms with Crippen LogP contribution in [0.3, 0.4) is 0 Å². The number of hydrogen-bond donors (Lipinski definition) is 1. The Morgan fingerprint density at radius 3 is 2.22 bits per heavy atom. The fourth-order valence-electron chi connectivity index (χ4n) is 0.917. The average molecular weight is 128 g/mol. The molecule has 0 spiro atoms. The molecule has 0 radical (unpaired) electrons. The van der Waals surface area contributed by atoms with Crippen molar-refractivity contribution in [2.75, 3.05) is 0 Å². The molecule has 0 unspecified atom stereocenters. The Balaban J connectivity index is 2.95. The van der Waals surface area contributed by atoms with E-state index in [1.165, 1.54) is 12.8 Å². The van der Waals surface area contributed by atoms with E-state index in [9.17, 15) is 5.02 Å². The topological polar surface area (TPSA) is 20.2 Å². The number of hydrogen-bond acceptors (Lipinski definition) is 1. The second-order valence-electron chi connectivity index (χ2n) is 2.58. The fraction of sp³-hybridized carbons (Fsp3) is 1.00. The minimum atomic E-state index is -0.0325. The normalized spacial score (nSPS) is 9.67. The molecule has 0 heterocycles. The van der Waals surface area contributed by atoms with Gasteiger partial charge in [0, 0.05) is 0 Å². The summed E-state index contributed by atoms with van der Waals surface area (Å²) in [5.74, 6) is 0. The summed E-state index contributed by atoms with van der Waals surface area (Å²) in [5, 5.41) is 9.18. The molecule has 0 aliphatic rings. The van der Waals surface area contributed by atoms with E-state index in [2.05, 4.69) is 13.8 Å². The highest BCUT2D eigenvalue weighted by Crippen LogP contribution is 2.04. The third kappa shape index (κ3) is 5.90. The molecule has 1 nitrogen and oxygen atoms in total.